The number of nitrogens with two attached hydrogens (primary N) is 1. The van der Waals surface area contributed by atoms with Crippen molar-refractivity contribution in [3.63, 3.8) is 0 Å². The summed E-state index contributed by atoms with van der Waals surface area (Å²) in [6.07, 6.45) is 0. The highest BCUT2D eigenvalue weighted by Gasteiger charge is 2.20. The molecule has 0 spiro atoms. The number of methoxy groups -OCH3 is 1. The Hall–Kier alpha value is -0.930. The van der Waals surface area contributed by atoms with Gasteiger partial charge in [0.1, 0.15) is 16.4 Å². The first-order valence-corrected chi connectivity index (χ1v) is 7.35. The highest BCUT2D eigenvalue weighted by atomic mass is 32.2. The molecular weight excluding hydrogens is 272 g/mol. The van der Waals surface area contributed by atoms with E-state index in [4.69, 9.17) is 19.6 Å². The van der Waals surface area contributed by atoms with Gasteiger partial charge >= 0.3 is 0 Å². The molecule has 0 saturated heterocycles. The molecule has 1 heterocycles. The highest BCUT2D eigenvalue weighted by molar-refractivity contribution is 7.89. The molecule has 8 heteroatoms. The van der Waals surface area contributed by atoms with Crippen molar-refractivity contribution in [2.75, 3.05) is 33.5 Å². The van der Waals surface area contributed by atoms with Gasteiger partial charge in [-0.25, -0.2) is 13.1 Å². The topological polar surface area (TPSA) is 104 Å². The van der Waals surface area contributed by atoms with Gasteiger partial charge in [0.2, 0.25) is 10.0 Å². The van der Waals surface area contributed by atoms with Gasteiger partial charge in [-0.3, -0.25) is 0 Å². The molecule has 0 aliphatic carbocycles. The molecule has 0 radical (unpaired) electrons. The quantitative estimate of drug-likeness (QED) is 0.620. The van der Waals surface area contributed by atoms with E-state index in [0.29, 0.717) is 24.7 Å². The first-order valence-electron chi connectivity index (χ1n) is 5.87. The van der Waals surface area contributed by atoms with E-state index in [-0.39, 0.29) is 24.6 Å². The lowest BCUT2D eigenvalue weighted by molar-refractivity contribution is 0.0736. The van der Waals surface area contributed by atoms with Crippen LogP contribution in [-0.2, 0) is 26.0 Å². The minimum Gasteiger partial charge on any atom is -0.464 e. The van der Waals surface area contributed by atoms with Crippen LogP contribution in [0.15, 0.2) is 15.4 Å². The molecule has 0 aromatic carbocycles. The molecule has 7 nitrogen and oxygen atoms in total. The summed E-state index contributed by atoms with van der Waals surface area (Å²) in [6.45, 7) is 3.13. The molecule has 0 fully saturated rings. The molecule has 19 heavy (non-hydrogen) atoms. The molecule has 0 atom stereocenters. The van der Waals surface area contributed by atoms with Crippen molar-refractivity contribution in [3.05, 3.63) is 17.6 Å². The number of furan rings is 1. The van der Waals surface area contributed by atoms with Crippen molar-refractivity contribution in [1.29, 1.82) is 0 Å². The van der Waals surface area contributed by atoms with Crippen molar-refractivity contribution in [2.45, 2.75) is 18.4 Å². The lowest BCUT2D eigenvalue weighted by atomic mass is 10.4. The molecule has 1 rings (SSSR count). The Labute approximate surface area is 113 Å². The maximum absolute atomic E-state index is 12.0. The zero-order valence-electron chi connectivity index (χ0n) is 11.1. The molecule has 0 unspecified atom stereocenters. The minimum absolute atomic E-state index is 0.116. The van der Waals surface area contributed by atoms with Gasteiger partial charge in [0.15, 0.2) is 0 Å². The monoisotopic (exact) mass is 292 g/mol. The second-order valence-electron chi connectivity index (χ2n) is 3.84. The fourth-order valence-electron chi connectivity index (χ4n) is 1.46. The molecule has 0 aliphatic heterocycles. The first kappa shape index (κ1) is 16.1. The molecular formula is C11H20N2O5S. The van der Waals surface area contributed by atoms with Crippen LogP contribution in [0.3, 0.4) is 0 Å². The van der Waals surface area contributed by atoms with Crippen LogP contribution in [-0.4, -0.2) is 41.9 Å². The van der Waals surface area contributed by atoms with Crippen LogP contribution in [0.1, 0.15) is 11.5 Å². The van der Waals surface area contributed by atoms with Crippen molar-refractivity contribution in [1.82, 2.24) is 4.72 Å². The molecule has 1 aromatic rings. The predicted octanol–water partition coefficient (Wildman–Crippen LogP) is -0.0120. The van der Waals surface area contributed by atoms with E-state index < -0.39 is 10.0 Å². The first-order chi connectivity index (χ1) is 9.01. The van der Waals surface area contributed by atoms with Crippen LogP contribution in [0, 0.1) is 6.92 Å². The van der Waals surface area contributed by atoms with Crippen molar-refractivity contribution < 1.29 is 22.3 Å². The maximum Gasteiger partial charge on any atom is 0.244 e. The van der Waals surface area contributed by atoms with Crippen LogP contribution >= 0.6 is 0 Å². The van der Waals surface area contributed by atoms with Gasteiger partial charge in [0.05, 0.1) is 26.4 Å². The van der Waals surface area contributed by atoms with E-state index >= 15 is 0 Å². The lowest BCUT2D eigenvalue weighted by Crippen LogP contribution is -2.28. The number of nitrogens with one attached hydrogen (secondary N) is 1. The lowest BCUT2D eigenvalue weighted by Gasteiger charge is -2.06. The molecule has 0 aliphatic rings. The zero-order chi connectivity index (χ0) is 14.3. The summed E-state index contributed by atoms with van der Waals surface area (Å²) in [5.41, 5.74) is 5.40. The number of ether oxygens (including phenoxy) is 2. The third-order valence-corrected chi connectivity index (χ3v) is 3.95. The Kier molecular flexibility index (Phi) is 6.46. The number of hydrogen-bond donors (Lipinski definition) is 2. The summed E-state index contributed by atoms with van der Waals surface area (Å²) in [6, 6.07) is 1.43. The summed E-state index contributed by atoms with van der Waals surface area (Å²) in [7, 11) is -2.01. The van der Waals surface area contributed by atoms with Crippen molar-refractivity contribution in [3.8, 4) is 0 Å². The fourth-order valence-corrected chi connectivity index (χ4v) is 2.68. The van der Waals surface area contributed by atoms with Crippen LogP contribution in [0.2, 0.25) is 0 Å². The van der Waals surface area contributed by atoms with Crippen molar-refractivity contribution >= 4 is 10.0 Å². The maximum atomic E-state index is 12.0. The second kappa shape index (κ2) is 7.61. The van der Waals surface area contributed by atoms with Gasteiger partial charge in [-0.05, 0) is 6.92 Å². The van der Waals surface area contributed by atoms with Gasteiger partial charge in [0.25, 0.3) is 0 Å². The average Bonchev–Trinajstić information content (AvgIpc) is 2.76. The number of sulfonamides is 1. The Bertz CT molecular complexity index is 483. The fraction of sp³-hybridized carbons (Fsp3) is 0.636. The van der Waals surface area contributed by atoms with Crippen LogP contribution in [0.25, 0.3) is 0 Å². The predicted molar refractivity (Wildman–Crippen MR) is 69.2 cm³/mol. The van der Waals surface area contributed by atoms with Gasteiger partial charge in [0, 0.05) is 19.7 Å². The van der Waals surface area contributed by atoms with E-state index in [1.165, 1.54) is 6.07 Å². The SMILES string of the molecule is COCCOCCNS(=O)(=O)c1cc(CN)oc1C. The summed E-state index contributed by atoms with van der Waals surface area (Å²) in [4.78, 5) is 0.116. The standard InChI is InChI=1S/C11H20N2O5S/c1-9-11(7-10(8-12)18-9)19(14,15)13-3-4-17-6-5-16-2/h7,13H,3-6,8,12H2,1-2H3. The Balaban J connectivity index is 2.49. The molecule has 0 amide bonds. The molecule has 110 valence electrons. The third kappa shape index (κ3) is 4.92. The third-order valence-electron chi connectivity index (χ3n) is 2.38. The summed E-state index contributed by atoms with van der Waals surface area (Å²) in [5.74, 6) is 0.766. The molecule has 0 saturated carbocycles. The minimum atomic E-state index is -3.58. The second-order valence-corrected chi connectivity index (χ2v) is 5.58. The molecule has 3 N–H and O–H groups in total. The normalized spacial score (nSPS) is 11.9. The van der Waals surface area contributed by atoms with Crippen LogP contribution in [0.4, 0.5) is 0 Å². The van der Waals surface area contributed by atoms with Crippen molar-refractivity contribution in [2.24, 2.45) is 5.73 Å². The Morgan fingerprint density at radius 2 is 2.11 bits per heavy atom. The van der Waals surface area contributed by atoms with Crippen LogP contribution < -0.4 is 10.5 Å². The average molecular weight is 292 g/mol. The Morgan fingerprint density at radius 3 is 2.68 bits per heavy atom. The molecule has 0 bridgehead atoms. The highest BCUT2D eigenvalue weighted by Crippen LogP contribution is 2.19. The number of hydrogen-bond acceptors (Lipinski definition) is 6. The summed E-state index contributed by atoms with van der Waals surface area (Å²) < 4.78 is 41.6. The number of aryl methyl sites for hydroxylation is 1. The van der Waals surface area contributed by atoms with E-state index in [9.17, 15) is 8.42 Å². The van der Waals surface area contributed by atoms with Crippen LogP contribution in [0.5, 0.6) is 0 Å². The van der Waals surface area contributed by atoms with E-state index in [2.05, 4.69) is 4.72 Å². The number of rotatable bonds is 9. The van der Waals surface area contributed by atoms with E-state index in [0.717, 1.165) is 0 Å². The Morgan fingerprint density at radius 1 is 1.37 bits per heavy atom. The van der Waals surface area contributed by atoms with Gasteiger partial charge in [-0.2, -0.15) is 0 Å². The van der Waals surface area contributed by atoms with Gasteiger partial charge in [-0.15, -0.1) is 0 Å². The van der Waals surface area contributed by atoms with E-state index in [1.54, 1.807) is 14.0 Å². The van der Waals surface area contributed by atoms with E-state index in [1.807, 2.05) is 0 Å². The van der Waals surface area contributed by atoms with Gasteiger partial charge in [-0.1, -0.05) is 0 Å². The summed E-state index contributed by atoms with van der Waals surface area (Å²) in [5, 5.41) is 0. The zero-order valence-corrected chi connectivity index (χ0v) is 12.0. The molecule has 1 aromatic heterocycles. The largest absolute Gasteiger partial charge is 0.464 e. The smallest absolute Gasteiger partial charge is 0.244 e. The van der Waals surface area contributed by atoms with Gasteiger partial charge < -0.3 is 19.6 Å². The summed E-state index contributed by atoms with van der Waals surface area (Å²) >= 11 is 0.